The number of aryl methyl sites for hydroxylation is 1. The number of hydrogen-bond donors (Lipinski definition) is 1. The van der Waals surface area contributed by atoms with E-state index in [1.807, 2.05) is 0 Å². The molecule has 0 amide bonds. The van der Waals surface area contributed by atoms with Gasteiger partial charge in [0.2, 0.25) is 0 Å². The van der Waals surface area contributed by atoms with Crippen molar-refractivity contribution in [3.63, 3.8) is 0 Å². The van der Waals surface area contributed by atoms with E-state index < -0.39 is 0 Å². The molecule has 138 valence electrons. The van der Waals surface area contributed by atoms with Crippen LogP contribution in [-0.2, 0) is 0 Å². The minimum absolute atomic E-state index is 0.0873. The van der Waals surface area contributed by atoms with Gasteiger partial charge >= 0.3 is 0 Å². The SMILES string of the molecule is Cc1cc(-c2ccccc2-c2ccccc2)c(Cl)c2c1NC(C)(C)CC2C. The summed E-state index contributed by atoms with van der Waals surface area (Å²) in [6.45, 7) is 9.00. The van der Waals surface area contributed by atoms with Crippen molar-refractivity contribution in [2.24, 2.45) is 0 Å². The Hall–Kier alpha value is -2.25. The normalized spacial score (nSPS) is 17.9. The van der Waals surface area contributed by atoms with Crippen LogP contribution < -0.4 is 5.32 Å². The third kappa shape index (κ3) is 3.26. The van der Waals surface area contributed by atoms with Gasteiger partial charge in [-0.25, -0.2) is 0 Å². The zero-order valence-corrected chi connectivity index (χ0v) is 17.2. The van der Waals surface area contributed by atoms with Crippen molar-refractivity contribution < 1.29 is 0 Å². The predicted octanol–water partition coefficient (Wildman–Crippen LogP) is 7.68. The molecule has 0 saturated carbocycles. The van der Waals surface area contributed by atoms with Gasteiger partial charge in [-0.05, 0) is 67.0 Å². The quantitative estimate of drug-likeness (QED) is 0.484. The molecule has 0 spiro atoms. The lowest BCUT2D eigenvalue weighted by Crippen LogP contribution is -2.37. The maximum atomic E-state index is 7.04. The number of benzene rings is 3. The average Bonchev–Trinajstić information content (AvgIpc) is 2.64. The van der Waals surface area contributed by atoms with Crippen molar-refractivity contribution in [2.45, 2.75) is 45.6 Å². The lowest BCUT2D eigenvalue weighted by molar-refractivity contribution is 0.454. The molecule has 1 nitrogen and oxygen atoms in total. The van der Waals surface area contributed by atoms with Gasteiger partial charge in [0.25, 0.3) is 0 Å². The topological polar surface area (TPSA) is 12.0 Å². The van der Waals surface area contributed by atoms with Crippen molar-refractivity contribution in [2.75, 3.05) is 5.32 Å². The fraction of sp³-hybridized carbons (Fsp3) is 0.280. The van der Waals surface area contributed by atoms with Crippen LogP contribution in [0.25, 0.3) is 22.3 Å². The van der Waals surface area contributed by atoms with Crippen LogP contribution in [0.3, 0.4) is 0 Å². The van der Waals surface area contributed by atoms with Crippen molar-refractivity contribution in [1.29, 1.82) is 0 Å². The van der Waals surface area contributed by atoms with Crippen LogP contribution in [0, 0.1) is 6.92 Å². The van der Waals surface area contributed by atoms with Gasteiger partial charge in [0.1, 0.15) is 0 Å². The molecular weight excluding hydrogens is 350 g/mol. The Labute approximate surface area is 167 Å². The smallest absolute Gasteiger partial charge is 0.0540 e. The molecule has 3 aromatic rings. The molecule has 1 heterocycles. The van der Waals surface area contributed by atoms with E-state index in [9.17, 15) is 0 Å². The maximum Gasteiger partial charge on any atom is 0.0540 e. The van der Waals surface area contributed by atoms with E-state index in [1.54, 1.807) is 0 Å². The first kappa shape index (κ1) is 18.1. The zero-order valence-electron chi connectivity index (χ0n) is 16.4. The first-order valence-corrected chi connectivity index (χ1v) is 10.0. The minimum Gasteiger partial charge on any atom is -0.380 e. The number of rotatable bonds is 2. The highest BCUT2D eigenvalue weighted by molar-refractivity contribution is 6.35. The average molecular weight is 376 g/mol. The Morgan fingerprint density at radius 3 is 2.26 bits per heavy atom. The molecule has 0 aromatic heterocycles. The van der Waals surface area contributed by atoms with E-state index in [4.69, 9.17) is 11.6 Å². The van der Waals surface area contributed by atoms with E-state index in [0.29, 0.717) is 5.92 Å². The van der Waals surface area contributed by atoms with Gasteiger partial charge in [-0.3, -0.25) is 0 Å². The number of nitrogens with one attached hydrogen (secondary N) is 1. The Balaban J connectivity index is 1.94. The lowest BCUT2D eigenvalue weighted by Gasteiger charge is -2.39. The largest absolute Gasteiger partial charge is 0.380 e. The molecule has 1 aliphatic heterocycles. The molecule has 0 fully saturated rings. The summed E-state index contributed by atoms with van der Waals surface area (Å²) in [6.07, 6.45) is 1.07. The van der Waals surface area contributed by atoms with Gasteiger partial charge < -0.3 is 5.32 Å². The van der Waals surface area contributed by atoms with Crippen molar-refractivity contribution in [1.82, 2.24) is 0 Å². The maximum absolute atomic E-state index is 7.04. The molecule has 0 saturated heterocycles. The number of halogens is 1. The fourth-order valence-electron chi connectivity index (χ4n) is 4.49. The standard InChI is InChI=1S/C25H26ClN/c1-16-14-21(23(26)22-17(2)15-25(3,4)27-24(16)22)20-13-9-8-12-19(20)18-10-6-5-7-11-18/h5-14,17,27H,15H2,1-4H3. The van der Waals surface area contributed by atoms with Crippen LogP contribution in [0.15, 0.2) is 60.7 Å². The minimum atomic E-state index is 0.0873. The predicted molar refractivity (Wildman–Crippen MR) is 118 cm³/mol. The fourth-order valence-corrected chi connectivity index (χ4v) is 4.93. The number of anilines is 1. The third-order valence-corrected chi connectivity index (χ3v) is 5.98. The second-order valence-corrected chi connectivity index (χ2v) is 8.75. The van der Waals surface area contributed by atoms with Crippen molar-refractivity contribution in [3.05, 3.63) is 76.8 Å². The Morgan fingerprint density at radius 2 is 1.56 bits per heavy atom. The zero-order chi connectivity index (χ0) is 19.2. The van der Waals surface area contributed by atoms with Gasteiger partial charge in [-0.15, -0.1) is 0 Å². The van der Waals surface area contributed by atoms with Gasteiger partial charge in [-0.1, -0.05) is 73.1 Å². The van der Waals surface area contributed by atoms with Crippen LogP contribution in [0.2, 0.25) is 5.02 Å². The summed E-state index contributed by atoms with van der Waals surface area (Å²) in [4.78, 5) is 0. The van der Waals surface area contributed by atoms with E-state index >= 15 is 0 Å². The summed E-state index contributed by atoms with van der Waals surface area (Å²) in [7, 11) is 0. The van der Waals surface area contributed by atoms with Crippen molar-refractivity contribution in [3.8, 4) is 22.3 Å². The highest BCUT2D eigenvalue weighted by atomic mass is 35.5. The Bertz CT molecular complexity index is 989. The van der Waals surface area contributed by atoms with E-state index in [-0.39, 0.29) is 5.54 Å². The molecule has 0 bridgehead atoms. The molecule has 1 N–H and O–H groups in total. The third-order valence-electron chi connectivity index (χ3n) is 5.57. The molecule has 27 heavy (non-hydrogen) atoms. The summed E-state index contributed by atoms with van der Waals surface area (Å²) in [5.74, 6) is 0.422. The van der Waals surface area contributed by atoms with Crippen LogP contribution in [0.4, 0.5) is 5.69 Å². The van der Waals surface area contributed by atoms with Gasteiger partial charge in [-0.2, -0.15) is 0 Å². The Kier molecular flexibility index (Phi) is 4.52. The van der Waals surface area contributed by atoms with E-state index in [0.717, 1.165) is 17.0 Å². The second kappa shape index (κ2) is 6.73. The summed E-state index contributed by atoms with van der Waals surface area (Å²) < 4.78 is 0. The summed E-state index contributed by atoms with van der Waals surface area (Å²) in [5, 5.41) is 4.60. The molecule has 2 heteroatoms. The molecule has 1 atom stereocenters. The summed E-state index contributed by atoms with van der Waals surface area (Å²) in [6, 6.07) is 21.3. The second-order valence-electron chi connectivity index (χ2n) is 8.37. The molecule has 0 aliphatic carbocycles. The van der Waals surface area contributed by atoms with Crippen molar-refractivity contribution >= 4 is 17.3 Å². The van der Waals surface area contributed by atoms with Gasteiger partial charge in [0.15, 0.2) is 0 Å². The Morgan fingerprint density at radius 1 is 0.926 bits per heavy atom. The monoisotopic (exact) mass is 375 g/mol. The lowest BCUT2D eigenvalue weighted by atomic mass is 9.79. The van der Waals surface area contributed by atoms with Crippen LogP contribution in [-0.4, -0.2) is 5.54 Å². The van der Waals surface area contributed by atoms with E-state index in [1.165, 1.54) is 33.5 Å². The summed E-state index contributed by atoms with van der Waals surface area (Å²) >= 11 is 7.04. The first-order chi connectivity index (χ1) is 12.9. The van der Waals surface area contributed by atoms with Crippen LogP contribution in [0.1, 0.15) is 44.2 Å². The highest BCUT2D eigenvalue weighted by Gasteiger charge is 2.33. The van der Waals surface area contributed by atoms with Gasteiger partial charge in [0, 0.05) is 16.8 Å². The number of hydrogen-bond acceptors (Lipinski definition) is 1. The first-order valence-electron chi connectivity index (χ1n) is 9.63. The van der Waals surface area contributed by atoms with E-state index in [2.05, 4.69) is 93.7 Å². The number of fused-ring (bicyclic) bond motifs is 1. The molecule has 3 aromatic carbocycles. The highest BCUT2D eigenvalue weighted by Crippen LogP contribution is 2.48. The van der Waals surface area contributed by atoms with Gasteiger partial charge in [0.05, 0.1) is 5.02 Å². The molecule has 1 aliphatic rings. The summed E-state index contributed by atoms with van der Waals surface area (Å²) in [5.41, 5.74) is 8.56. The van der Waals surface area contributed by atoms with Crippen LogP contribution >= 0.6 is 11.6 Å². The molecular formula is C25H26ClN. The molecule has 4 rings (SSSR count). The molecule has 0 radical (unpaired) electrons. The van der Waals surface area contributed by atoms with Crippen LogP contribution in [0.5, 0.6) is 0 Å². The molecule has 1 unspecified atom stereocenters.